The molecule has 0 aliphatic heterocycles. The molecule has 0 aliphatic carbocycles. The number of aromatic hydroxyl groups is 1. The minimum atomic E-state index is -0.276. The summed E-state index contributed by atoms with van der Waals surface area (Å²) in [4.78, 5) is 0. The monoisotopic (exact) mass is 268 g/mol. The van der Waals surface area contributed by atoms with E-state index in [1.807, 2.05) is 32.0 Å². The molecule has 0 aromatic heterocycles. The molecule has 2 unspecified atom stereocenters. The van der Waals surface area contributed by atoms with Gasteiger partial charge in [-0.05, 0) is 37.3 Å². The summed E-state index contributed by atoms with van der Waals surface area (Å²) >= 11 is 1.79. The molecule has 0 amide bonds. The molecule has 1 aromatic carbocycles. The number of para-hydroxylation sites is 1. The molecule has 0 saturated heterocycles. The first-order valence-corrected chi connectivity index (χ1v) is 7.53. The summed E-state index contributed by atoms with van der Waals surface area (Å²) in [5.41, 5.74) is 1.93. The van der Waals surface area contributed by atoms with Crippen LogP contribution in [0, 0.1) is 12.8 Å². The van der Waals surface area contributed by atoms with Crippen LogP contribution in [0.25, 0.3) is 0 Å². The first kappa shape index (κ1) is 15.4. The van der Waals surface area contributed by atoms with Crippen LogP contribution in [0.1, 0.15) is 31.9 Å². The number of phenols is 1. The number of aliphatic hydroxyl groups excluding tert-OH is 1. The maximum Gasteiger partial charge on any atom is 0.121 e. The summed E-state index contributed by atoms with van der Waals surface area (Å²) in [6.07, 6.45) is 0.574. The number of aryl methyl sites for hydroxylation is 1. The van der Waals surface area contributed by atoms with E-state index in [1.165, 1.54) is 0 Å². The Balaban J connectivity index is 2.74. The molecule has 0 radical (unpaired) electrons. The number of hydrogen-bond donors (Lipinski definition) is 2. The zero-order valence-corrected chi connectivity index (χ0v) is 12.5. The molecule has 0 bridgehead atoms. The summed E-state index contributed by atoms with van der Waals surface area (Å²) in [6, 6.07) is 5.90. The minimum Gasteiger partial charge on any atom is -0.507 e. The zero-order chi connectivity index (χ0) is 13.7. The molecule has 0 aliphatic rings. The Morgan fingerprint density at radius 2 is 1.89 bits per heavy atom. The molecule has 18 heavy (non-hydrogen) atoms. The smallest absolute Gasteiger partial charge is 0.121 e. The molecule has 2 nitrogen and oxygen atoms in total. The fourth-order valence-corrected chi connectivity index (χ4v) is 3.06. The topological polar surface area (TPSA) is 40.5 Å². The first-order chi connectivity index (χ1) is 8.41. The van der Waals surface area contributed by atoms with Gasteiger partial charge in [0.05, 0.1) is 6.10 Å². The van der Waals surface area contributed by atoms with Crippen LogP contribution in [-0.4, -0.2) is 27.3 Å². The van der Waals surface area contributed by atoms with E-state index >= 15 is 0 Å². The van der Waals surface area contributed by atoms with Crippen molar-refractivity contribution in [2.24, 2.45) is 5.92 Å². The van der Waals surface area contributed by atoms with Crippen molar-refractivity contribution in [3.05, 3.63) is 29.3 Å². The van der Waals surface area contributed by atoms with Gasteiger partial charge in [0.1, 0.15) is 5.75 Å². The fraction of sp³-hybridized carbons (Fsp3) is 0.600. The Labute approximate surface area is 114 Å². The van der Waals surface area contributed by atoms with Gasteiger partial charge in [0.25, 0.3) is 0 Å². The van der Waals surface area contributed by atoms with Gasteiger partial charge in [0.2, 0.25) is 0 Å². The predicted molar refractivity (Wildman–Crippen MR) is 79.3 cm³/mol. The zero-order valence-electron chi connectivity index (χ0n) is 11.7. The number of hydrogen-bond acceptors (Lipinski definition) is 3. The van der Waals surface area contributed by atoms with Crippen molar-refractivity contribution in [3.63, 3.8) is 0 Å². The molecule has 2 atom stereocenters. The SMILES string of the molecule is Cc1cccc(CC(SCC(C)O)C(C)C)c1O. The summed E-state index contributed by atoms with van der Waals surface area (Å²) in [7, 11) is 0. The van der Waals surface area contributed by atoms with E-state index in [2.05, 4.69) is 13.8 Å². The third-order valence-corrected chi connectivity index (χ3v) is 4.85. The predicted octanol–water partition coefficient (Wildman–Crippen LogP) is 3.38. The van der Waals surface area contributed by atoms with E-state index in [0.29, 0.717) is 16.9 Å². The molecule has 0 fully saturated rings. The Bertz CT molecular complexity index is 375. The number of thioether (sulfide) groups is 1. The van der Waals surface area contributed by atoms with Crippen LogP contribution in [0.2, 0.25) is 0 Å². The van der Waals surface area contributed by atoms with Crippen LogP contribution < -0.4 is 0 Å². The molecule has 1 rings (SSSR count). The van der Waals surface area contributed by atoms with E-state index in [9.17, 15) is 10.2 Å². The van der Waals surface area contributed by atoms with Crippen LogP contribution >= 0.6 is 11.8 Å². The average Bonchev–Trinajstić information content (AvgIpc) is 2.29. The van der Waals surface area contributed by atoms with Gasteiger partial charge in [-0.25, -0.2) is 0 Å². The second-order valence-corrected chi connectivity index (χ2v) is 6.52. The number of benzene rings is 1. The third kappa shape index (κ3) is 4.54. The van der Waals surface area contributed by atoms with Gasteiger partial charge < -0.3 is 10.2 Å². The first-order valence-electron chi connectivity index (χ1n) is 6.49. The minimum absolute atomic E-state index is 0.276. The largest absolute Gasteiger partial charge is 0.507 e. The third-order valence-electron chi connectivity index (χ3n) is 3.04. The van der Waals surface area contributed by atoms with Crippen LogP contribution in [0.15, 0.2) is 18.2 Å². The highest BCUT2D eigenvalue weighted by Gasteiger charge is 2.17. The van der Waals surface area contributed by atoms with Crippen LogP contribution in [0.3, 0.4) is 0 Å². The second kappa shape index (κ2) is 7.05. The highest BCUT2D eigenvalue weighted by molar-refractivity contribution is 7.99. The second-order valence-electron chi connectivity index (χ2n) is 5.25. The fourth-order valence-electron chi connectivity index (χ4n) is 1.85. The Morgan fingerprint density at radius 3 is 2.44 bits per heavy atom. The molecule has 1 aromatic rings. The maximum absolute atomic E-state index is 10.0. The van der Waals surface area contributed by atoms with Crippen molar-refractivity contribution in [1.82, 2.24) is 0 Å². The van der Waals surface area contributed by atoms with Crippen molar-refractivity contribution in [3.8, 4) is 5.75 Å². The molecular weight excluding hydrogens is 244 g/mol. The Morgan fingerprint density at radius 1 is 1.22 bits per heavy atom. The lowest BCUT2D eigenvalue weighted by Gasteiger charge is -2.22. The quantitative estimate of drug-likeness (QED) is 0.831. The van der Waals surface area contributed by atoms with Crippen molar-refractivity contribution in [1.29, 1.82) is 0 Å². The van der Waals surface area contributed by atoms with Gasteiger partial charge in [0, 0.05) is 11.0 Å². The number of phenolic OH excluding ortho intramolecular Hbond substituents is 1. The van der Waals surface area contributed by atoms with Gasteiger partial charge in [0.15, 0.2) is 0 Å². The summed E-state index contributed by atoms with van der Waals surface area (Å²) < 4.78 is 0. The molecular formula is C15H24O2S. The standard InChI is InChI=1S/C15H24O2S/c1-10(2)14(18-9-12(4)16)8-13-7-5-6-11(3)15(13)17/h5-7,10,12,14,16-17H,8-9H2,1-4H3. The molecule has 0 saturated carbocycles. The normalized spacial score (nSPS) is 14.8. The van der Waals surface area contributed by atoms with Crippen LogP contribution in [0.5, 0.6) is 5.75 Å². The van der Waals surface area contributed by atoms with Crippen LogP contribution in [-0.2, 0) is 6.42 Å². The molecule has 0 spiro atoms. The Hall–Kier alpha value is -0.670. The van der Waals surface area contributed by atoms with Crippen molar-refractivity contribution in [2.75, 3.05) is 5.75 Å². The maximum atomic E-state index is 10.0. The van der Waals surface area contributed by atoms with Crippen molar-refractivity contribution in [2.45, 2.75) is 45.5 Å². The average molecular weight is 268 g/mol. The lowest BCUT2D eigenvalue weighted by Crippen LogP contribution is -2.18. The van der Waals surface area contributed by atoms with Gasteiger partial charge >= 0.3 is 0 Å². The molecule has 2 N–H and O–H groups in total. The van der Waals surface area contributed by atoms with E-state index < -0.39 is 0 Å². The van der Waals surface area contributed by atoms with E-state index in [-0.39, 0.29) is 6.10 Å². The van der Waals surface area contributed by atoms with Gasteiger partial charge in [-0.15, -0.1) is 0 Å². The van der Waals surface area contributed by atoms with Crippen molar-refractivity contribution < 1.29 is 10.2 Å². The highest BCUT2D eigenvalue weighted by atomic mass is 32.2. The molecule has 0 heterocycles. The summed E-state index contributed by atoms with van der Waals surface area (Å²) in [6.45, 7) is 8.11. The molecule has 102 valence electrons. The van der Waals surface area contributed by atoms with Crippen LogP contribution in [0.4, 0.5) is 0 Å². The van der Waals surface area contributed by atoms with Crippen molar-refractivity contribution >= 4 is 11.8 Å². The Kier molecular flexibility index (Phi) is 6.03. The van der Waals surface area contributed by atoms with Gasteiger partial charge in [-0.2, -0.15) is 11.8 Å². The van der Waals surface area contributed by atoms with E-state index in [1.54, 1.807) is 11.8 Å². The molecule has 3 heteroatoms. The lowest BCUT2D eigenvalue weighted by molar-refractivity contribution is 0.220. The van der Waals surface area contributed by atoms with Gasteiger partial charge in [-0.1, -0.05) is 32.0 Å². The van der Waals surface area contributed by atoms with E-state index in [0.717, 1.165) is 23.3 Å². The van der Waals surface area contributed by atoms with E-state index in [4.69, 9.17) is 0 Å². The summed E-state index contributed by atoms with van der Waals surface area (Å²) in [5, 5.41) is 19.8. The van der Waals surface area contributed by atoms with Gasteiger partial charge in [-0.3, -0.25) is 0 Å². The lowest BCUT2D eigenvalue weighted by atomic mass is 9.99. The highest BCUT2D eigenvalue weighted by Crippen LogP contribution is 2.29. The number of aliphatic hydroxyl groups is 1. The number of rotatable bonds is 6. The summed E-state index contributed by atoms with van der Waals surface area (Å²) in [5.74, 6) is 1.68.